The van der Waals surface area contributed by atoms with Gasteiger partial charge in [-0.25, -0.2) is 4.39 Å². The number of hydrogen-bond donors (Lipinski definition) is 1. The van der Waals surface area contributed by atoms with E-state index < -0.39 is 5.82 Å². The summed E-state index contributed by atoms with van der Waals surface area (Å²) in [5.41, 5.74) is 0.882. The lowest BCUT2D eigenvalue weighted by Crippen LogP contribution is -2.35. The highest BCUT2D eigenvalue weighted by Gasteiger charge is 2.11. The zero-order valence-corrected chi connectivity index (χ0v) is 8.45. The minimum absolute atomic E-state index is 0.291. The number of aromatic hydroxyl groups is 1. The van der Waals surface area contributed by atoms with Gasteiger partial charge in [-0.1, -0.05) is 6.07 Å². The molecule has 1 aromatic rings. The molecule has 1 N–H and O–H groups in total. The smallest absolute Gasteiger partial charge is 0.165 e. The maximum absolute atomic E-state index is 13.0. The van der Waals surface area contributed by atoms with Crippen LogP contribution in [0.3, 0.4) is 0 Å². The molecular weight excluding hydrogens is 197 g/mol. The van der Waals surface area contributed by atoms with Crippen LogP contribution in [0.15, 0.2) is 18.2 Å². The van der Waals surface area contributed by atoms with Crippen molar-refractivity contribution in [1.82, 2.24) is 4.90 Å². The summed E-state index contributed by atoms with van der Waals surface area (Å²) in [4.78, 5) is 2.20. The molecule has 2 rings (SSSR count). The number of phenolic OH excluding ortho intramolecular Hbond substituents is 1. The van der Waals surface area contributed by atoms with Crippen molar-refractivity contribution in [1.29, 1.82) is 0 Å². The maximum Gasteiger partial charge on any atom is 0.165 e. The number of rotatable bonds is 2. The van der Waals surface area contributed by atoms with Gasteiger partial charge in [-0.05, 0) is 17.7 Å². The van der Waals surface area contributed by atoms with E-state index in [9.17, 15) is 4.39 Å². The number of phenols is 1. The third kappa shape index (κ3) is 2.67. The second-order valence-corrected chi connectivity index (χ2v) is 3.67. The van der Waals surface area contributed by atoms with Gasteiger partial charge >= 0.3 is 0 Å². The molecule has 0 saturated carbocycles. The predicted molar refractivity (Wildman–Crippen MR) is 54.2 cm³/mol. The summed E-state index contributed by atoms with van der Waals surface area (Å²) in [5.74, 6) is -0.846. The van der Waals surface area contributed by atoms with E-state index in [2.05, 4.69) is 4.90 Å². The third-order valence-corrected chi connectivity index (χ3v) is 2.52. The van der Waals surface area contributed by atoms with Crippen LogP contribution in [-0.4, -0.2) is 36.3 Å². The zero-order valence-electron chi connectivity index (χ0n) is 8.45. The van der Waals surface area contributed by atoms with Crippen molar-refractivity contribution in [3.63, 3.8) is 0 Å². The van der Waals surface area contributed by atoms with Crippen molar-refractivity contribution in [2.24, 2.45) is 0 Å². The van der Waals surface area contributed by atoms with Gasteiger partial charge in [0, 0.05) is 19.6 Å². The molecule has 1 saturated heterocycles. The van der Waals surface area contributed by atoms with E-state index in [4.69, 9.17) is 9.84 Å². The number of ether oxygens (including phenoxy) is 1. The number of hydrogen-bond acceptors (Lipinski definition) is 3. The molecule has 0 amide bonds. The Bertz CT molecular complexity index is 337. The first kappa shape index (κ1) is 10.4. The predicted octanol–water partition coefficient (Wildman–Crippen LogP) is 1.36. The van der Waals surface area contributed by atoms with Gasteiger partial charge in [0.1, 0.15) is 0 Å². The molecule has 82 valence electrons. The largest absolute Gasteiger partial charge is 0.505 e. The number of benzene rings is 1. The Morgan fingerprint density at radius 1 is 1.33 bits per heavy atom. The van der Waals surface area contributed by atoms with Gasteiger partial charge in [-0.2, -0.15) is 0 Å². The van der Waals surface area contributed by atoms with Crippen molar-refractivity contribution in [2.45, 2.75) is 6.54 Å². The van der Waals surface area contributed by atoms with Gasteiger partial charge < -0.3 is 9.84 Å². The van der Waals surface area contributed by atoms with Gasteiger partial charge in [0.05, 0.1) is 13.2 Å². The molecular formula is C11H14FNO2. The average molecular weight is 211 g/mol. The molecule has 1 aromatic carbocycles. The fourth-order valence-corrected chi connectivity index (χ4v) is 1.67. The lowest BCUT2D eigenvalue weighted by Gasteiger charge is -2.26. The summed E-state index contributed by atoms with van der Waals surface area (Å²) < 4.78 is 18.3. The Balaban J connectivity index is 2.00. The van der Waals surface area contributed by atoms with Crippen molar-refractivity contribution >= 4 is 0 Å². The van der Waals surface area contributed by atoms with E-state index >= 15 is 0 Å². The summed E-state index contributed by atoms with van der Waals surface area (Å²) >= 11 is 0. The topological polar surface area (TPSA) is 32.7 Å². The molecule has 15 heavy (non-hydrogen) atoms. The lowest BCUT2D eigenvalue weighted by atomic mass is 10.2. The van der Waals surface area contributed by atoms with Crippen LogP contribution in [0.5, 0.6) is 5.75 Å². The normalized spacial score (nSPS) is 17.9. The van der Waals surface area contributed by atoms with Crippen molar-refractivity contribution in [3.8, 4) is 5.75 Å². The van der Waals surface area contributed by atoms with Crippen molar-refractivity contribution in [3.05, 3.63) is 29.6 Å². The Morgan fingerprint density at radius 2 is 2.07 bits per heavy atom. The SMILES string of the molecule is Oc1ccc(CN2CCOCC2)cc1F. The Hall–Kier alpha value is -1.13. The van der Waals surface area contributed by atoms with Crippen LogP contribution in [0.1, 0.15) is 5.56 Å². The maximum atomic E-state index is 13.0. The quantitative estimate of drug-likeness (QED) is 0.801. The first-order valence-corrected chi connectivity index (χ1v) is 5.03. The van der Waals surface area contributed by atoms with Crippen LogP contribution < -0.4 is 0 Å². The molecule has 0 aliphatic carbocycles. The van der Waals surface area contributed by atoms with Gasteiger partial charge in [0.2, 0.25) is 0 Å². The van der Waals surface area contributed by atoms with Crippen LogP contribution in [0.2, 0.25) is 0 Å². The van der Waals surface area contributed by atoms with Crippen LogP contribution >= 0.6 is 0 Å². The summed E-state index contributed by atoms with van der Waals surface area (Å²) in [6.45, 7) is 3.94. The first-order valence-electron chi connectivity index (χ1n) is 5.03. The van der Waals surface area contributed by atoms with Gasteiger partial charge in [0.25, 0.3) is 0 Å². The zero-order chi connectivity index (χ0) is 10.7. The number of nitrogens with zero attached hydrogens (tertiary/aromatic N) is 1. The highest BCUT2D eigenvalue weighted by molar-refractivity contribution is 5.27. The fraction of sp³-hybridized carbons (Fsp3) is 0.455. The second kappa shape index (κ2) is 4.59. The van der Waals surface area contributed by atoms with Gasteiger partial charge in [-0.15, -0.1) is 0 Å². The lowest BCUT2D eigenvalue weighted by molar-refractivity contribution is 0.0341. The van der Waals surface area contributed by atoms with E-state index in [0.717, 1.165) is 31.9 Å². The number of halogens is 1. The van der Waals surface area contributed by atoms with Crippen LogP contribution in [0.4, 0.5) is 4.39 Å². The standard InChI is InChI=1S/C11H14FNO2/c12-10-7-9(1-2-11(10)14)8-13-3-5-15-6-4-13/h1-2,7,14H,3-6,8H2. The molecule has 3 nitrogen and oxygen atoms in total. The Morgan fingerprint density at radius 3 is 2.73 bits per heavy atom. The van der Waals surface area contributed by atoms with Crippen LogP contribution in [0, 0.1) is 5.82 Å². The molecule has 0 bridgehead atoms. The van der Waals surface area contributed by atoms with Gasteiger partial charge in [0.15, 0.2) is 11.6 Å². The molecule has 4 heteroatoms. The molecule has 1 aliphatic heterocycles. The van der Waals surface area contributed by atoms with E-state index in [1.54, 1.807) is 6.07 Å². The van der Waals surface area contributed by atoms with E-state index in [1.165, 1.54) is 12.1 Å². The van der Waals surface area contributed by atoms with Crippen molar-refractivity contribution in [2.75, 3.05) is 26.3 Å². The molecule has 1 fully saturated rings. The molecule has 0 atom stereocenters. The summed E-state index contributed by atoms with van der Waals surface area (Å²) in [6, 6.07) is 4.52. The fourth-order valence-electron chi connectivity index (χ4n) is 1.67. The average Bonchev–Trinajstić information content (AvgIpc) is 2.25. The summed E-state index contributed by atoms with van der Waals surface area (Å²) in [5, 5.41) is 9.04. The second-order valence-electron chi connectivity index (χ2n) is 3.67. The minimum Gasteiger partial charge on any atom is -0.505 e. The van der Waals surface area contributed by atoms with Crippen LogP contribution in [-0.2, 0) is 11.3 Å². The minimum atomic E-state index is -0.555. The molecule has 1 aliphatic rings. The third-order valence-electron chi connectivity index (χ3n) is 2.52. The first-order chi connectivity index (χ1) is 7.25. The van der Waals surface area contributed by atoms with E-state index in [0.29, 0.717) is 6.54 Å². The molecule has 1 heterocycles. The summed E-state index contributed by atoms with van der Waals surface area (Å²) in [7, 11) is 0. The molecule has 0 aromatic heterocycles. The number of morpholine rings is 1. The highest BCUT2D eigenvalue weighted by atomic mass is 19.1. The molecule has 0 spiro atoms. The Labute approximate surface area is 88.1 Å². The molecule has 0 unspecified atom stereocenters. The van der Waals surface area contributed by atoms with Gasteiger partial charge in [-0.3, -0.25) is 4.90 Å². The van der Waals surface area contributed by atoms with Crippen LogP contribution in [0.25, 0.3) is 0 Å². The van der Waals surface area contributed by atoms with E-state index in [-0.39, 0.29) is 5.75 Å². The summed E-state index contributed by atoms with van der Waals surface area (Å²) in [6.07, 6.45) is 0. The highest BCUT2D eigenvalue weighted by Crippen LogP contribution is 2.17. The molecule has 0 radical (unpaired) electrons. The monoisotopic (exact) mass is 211 g/mol. The van der Waals surface area contributed by atoms with Crippen molar-refractivity contribution < 1.29 is 14.2 Å². The van der Waals surface area contributed by atoms with E-state index in [1.807, 2.05) is 0 Å². The Kier molecular flexibility index (Phi) is 3.18.